The zero-order valence-electron chi connectivity index (χ0n) is 14.4. The van der Waals surface area contributed by atoms with Gasteiger partial charge in [0, 0.05) is 34.7 Å². The van der Waals surface area contributed by atoms with Crippen LogP contribution in [0.4, 0.5) is 10.1 Å². The summed E-state index contributed by atoms with van der Waals surface area (Å²) in [6.07, 6.45) is 2.93. The maximum Gasteiger partial charge on any atom is 0.235 e. The minimum atomic E-state index is -0.622. The molecular formula is C20H15BrFN3O2. The number of anilines is 1. The van der Waals surface area contributed by atoms with Crippen molar-refractivity contribution in [2.24, 2.45) is 0 Å². The number of ether oxygens (including phenoxy) is 1. The summed E-state index contributed by atoms with van der Waals surface area (Å²) in [6.45, 7) is 0. The molecule has 0 bridgehead atoms. The van der Waals surface area contributed by atoms with E-state index >= 15 is 0 Å². The molecule has 7 heteroatoms. The Morgan fingerprint density at radius 2 is 2.15 bits per heavy atom. The Hall–Kier alpha value is -2.54. The third-order valence-corrected chi connectivity index (χ3v) is 6.24. The number of nitrogens with zero attached hydrogens (tertiary/aromatic N) is 2. The van der Waals surface area contributed by atoms with Gasteiger partial charge in [0.2, 0.25) is 11.8 Å². The molecule has 0 atom stereocenters. The molecule has 1 aliphatic carbocycles. The molecule has 1 aromatic carbocycles. The van der Waals surface area contributed by atoms with E-state index in [4.69, 9.17) is 4.74 Å². The Bertz CT molecular complexity index is 1110. The molecule has 0 saturated heterocycles. The van der Waals surface area contributed by atoms with E-state index in [0.717, 1.165) is 16.6 Å². The number of hydrogen-bond acceptors (Lipinski definition) is 4. The number of rotatable bonds is 2. The van der Waals surface area contributed by atoms with E-state index in [9.17, 15) is 9.18 Å². The maximum atomic E-state index is 13.9. The Labute approximate surface area is 163 Å². The average Bonchev–Trinajstić information content (AvgIpc) is 2.94. The number of aromatic nitrogens is 2. The summed E-state index contributed by atoms with van der Waals surface area (Å²) >= 11 is 3.25. The molecular weight excluding hydrogens is 413 g/mol. The minimum Gasteiger partial charge on any atom is -0.481 e. The van der Waals surface area contributed by atoms with Crippen molar-refractivity contribution in [3.05, 3.63) is 58.1 Å². The summed E-state index contributed by atoms with van der Waals surface area (Å²) < 4.78 is 19.5. The summed E-state index contributed by atoms with van der Waals surface area (Å²) in [5, 5.41) is 3.76. The molecule has 0 radical (unpaired) electrons. The predicted molar refractivity (Wildman–Crippen MR) is 102 cm³/mol. The molecule has 1 amide bonds. The maximum absolute atomic E-state index is 13.9. The molecule has 1 spiro atoms. The fourth-order valence-corrected chi connectivity index (χ4v) is 4.65. The summed E-state index contributed by atoms with van der Waals surface area (Å²) in [5.41, 5.74) is 2.48. The summed E-state index contributed by atoms with van der Waals surface area (Å²) in [4.78, 5) is 21.7. The summed E-state index contributed by atoms with van der Waals surface area (Å²) in [5.74, 6) is 0.349. The van der Waals surface area contributed by atoms with Crippen LogP contribution in [0.2, 0.25) is 0 Å². The van der Waals surface area contributed by atoms with Crippen LogP contribution in [0.1, 0.15) is 30.0 Å². The van der Waals surface area contributed by atoms with Crippen LogP contribution < -0.4 is 10.1 Å². The highest BCUT2D eigenvalue weighted by atomic mass is 79.9. The van der Waals surface area contributed by atoms with Crippen LogP contribution in [-0.4, -0.2) is 23.0 Å². The number of amides is 1. The fourth-order valence-electron chi connectivity index (χ4n) is 4.30. The van der Waals surface area contributed by atoms with Crippen LogP contribution in [0.15, 0.2) is 41.0 Å². The van der Waals surface area contributed by atoms with E-state index < -0.39 is 5.41 Å². The molecule has 0 unspecified atom stereocenters. The second kappa shape index (κ2) is 5.73. The quantitative estimate of drug-likeness (QED) is 0.661. The minimum absolute atomic E-state index is 0.0219. The first-order valence-electron chi connectivity index (χ1n) is 8.62. The van der Waals surface area contributed by atoms with Crippen LogP contribution in [0.5, 0.6) is 5.88 Å². The second-order valence-electron chi connectivity index (χ2n) is 7.08. The van der Waals surface area contributed by atoms with Crippen LogP contribution in [0.25, 0.3) is 10.9 Å². The third-order valence-electron chi connectivity index (χ3n) is 5.63. The zero-order chi connectivity index (χ0) is 18.8. The van der Waals surface area contributed by atoms with E-state index in [0.29, 0.717) is 34.4 Å². The van der Waals surface area contributed by atoms with Crippen molar-refractivity contribution < 1.29 is 13.9 Å². The Morgan fingerprint density at radius 1 is 1.33 bits per heavy atom. The van der Waals surface area contributed by atoms with E-state index in [1.807, 2.05) is 12.1 Å². The zero-order valence-corrected chi connectivity index (χ0v) is 16.0. The van der Waals surface area contributed by atoms with Crippen LogP contribution in [-0.2, 0) is 10.2 Å². The number of hydrogen-bond donors (Lipinski definition) is 1. The van der Waals surface area contributed by atoms with Crippen molar-refractivity contribution >= 4 is 38.4 Å². The van der Waals surface area contributed by atoms with E-state index in [-0.39, 0.29) is 17.6 Å². The highest BCUT2D eigenvalue weighted by Crippen LogP contribution is 2.58. The topological polar surface area (TPSA) is 64.1 Å². The molecule has 1 saturated carbocycles. The second-order valence-corrected chi connectivity index (χ2v) is 7.93. The van der Waals surface area contributed by atoms with Gasteiger partial charge in [-0.3, -0.25) is 9.78 Å². The number of fused-ring (bicyclic) bond motifs is 4. The van der Waals surface area contributed by atoms with Gasteiger partial charge in [0.15, 0.2) is 0 Å². The van der Waals surface area contributed by atoms with Gasteiger partial charge in [-0.1, -0.05) is 6.07 Å². The van der Waals surface area contributed by atoms with Gasteiger partial charge in [0.1, 0.15) is 5.82 Å². The number of nitrogens with one attached hydrogen (secondary N) is 1. The fraction of sp³-hybridized carbons (Fsp3) is 0.250. The first-order chi connectivity index (χ1) is 13.0. The van der Waals surface area contributed by atoms with Crippen molar-refractivity contribution in [2.75, 3.05) is 12.4 Å². The average molecular weight is 428 g/mol. The lowest BCUT2D eigenvalue weighted by molar-refractivity contribution is -0.124. The van der Waals surface area contributed by atoms with Gasteiger partial charge >= 0.3 is 0 Å². The van der Waals surface area contributed by atoms with Crippen molar-refractivity contribution in [1.82, 2.24) is 9.97 Å². The molecule has 3 aromatic rings. The molecule has 1 aliphatic heterocycles. The molecule has 5 nitrogen and oxygen atoms in total. The molecule has 3 heterocycles. The summed E-state index contributed by atoms with van der Waals surface area (Å²) in [7, 11) is 1.59. The van der Waals surface area contributed by atoms with Gasteiger partial charge in [-0.15, -0.1) is 0 Å². The SMILES string of the molecule is COc1cccc(C2CC3(C2)C(=O)Nc2cnc4cc(F)c(Br)cc4c23)n1. The third kappa shape index (κ3) is 2.31. The van der Waals surface area contributed by atoms with Crippen molar-refractivity contribution in [3.63, 3.8) is 0 Å². The molecule has 2 aliphatic rings. The lowest BCUT2D eigenvalue weighted by Gasteiger charge is -2.43. The number of methoxy groups -OCH3 is 1. The smallest absolute Gasteiger partial charge is 0.235 e. The number of benzene rings is 1. The van der Waals surface area contributed by atoms with Crippen LogP contribution >= 0.6 is 15.9 Å². The van der Waals surface area contributed by atoms with Crippen LogP contribution in [0.3, 0.4) is 0 Å². The van der Waals surface area contributed by atoms with Crippen molar-refractivity contribution in [3.8, 4) is 5.88 Å². The van der Waals surface area contributed by atoms with Gasteiger partial charge in [-0.25, -0.2) is 9.37 Å². The predicted octanol–water partition coefficient (Wildman–Crippen LogP) is 4.31. The highest BCUT2D eigenvalue weighted by Gasteiger charge is 2.57. The molecule has 1 fully saturated rings. The number of carbonyl (C=O) groups is 1. The van der Waals surface area contributed by atoms with Crippen molar-refractivity contribution in [1.29, 1.82) is 0 Å². The summed E-state index contributed by atoms with van der Waals surface area (Å²) in [6, 6.07) is 8.80. The highest BCUT2D eigenvalue weighted by molar-refractivity contribution is 9.10. The lowest BCUT2D eigenvalue weighted by Crippen LogP contribution is -2.45. The molecule has 136 valence electrons. The number of carbonyl (C=O) groups excluding carboxylic acids is 1. The van der Waals surface area contributed by atoms with E-state index in [1.54, 1.807) is 25.4 Å². The van der Waals surface area contributed by atoms with Gasteiger partial charge in [-0.05, 0) is 40.9 Å². The van der Waals surface area contributed by atoms with Gasteiger partial charge in [-0.2, -0.15) is 0 Å². The monoisotopic (exact) mass is 427 g/mol. The lowest BCUT2D eigenvalue weighted by atomic mass is 9.57. The van der Waals surface area contributed by atoms with Gasteiger partial charge in [0.05, 0.1) is 34.4 Å². The van der Waals surface area contributed by atoms with Gasteiger partial charge in [0.25, 0.3) is 0 Å². The normalized spacial score (nSPS) is 23.2. The standard InChI is InChI=1S/C20H15BrFN3O2/c1-27-17-4-2-3-14(24-17)10-7-20(8-10)18-11-5-12(21)13(22)6-15(11)23-9-16(18)25-19(20)26/h2-6,9-10H,7-8H2,1H3,(H,25,26). The van der Waals surface area contributed by atoms with Gasteiger partial charge < -0.3 is 10.1 Å². The van der Waals surface area contributed by atoms with Crippen molar-refractivity contribution in [2.45, 2.75) is 24.2 Å². The number of halogens is 2. The first kappa shape index (κ1) is 16.6. The van der Waals surface area contributed by atoms with E-state index in [1.165, 1.54) is 6.07 Å². The van der Waals surface area contributed by atoms with Crippen LogP contribution in [0, 0.1) is 5.82 Å². The van der Waals surface area contributed by atoms with E-state index in [2.05, 4.69) is 31.2 Å². The molecule has 2 aromatic heterocycles. The Kier molecular flexibility index (Phi) is 3.53. The Balaban J connectivity index is 1.59. The molecule has 5 rings (SSSR count). The first-order valence-corrected chi connectivity index (χ1v) is 9.42. The molecule has 27 heavy (non-hydrogen) atoms. The molecule has 1 N–H and O–H groups in total. The largest absolute Gasteiger partial charge is 0.481 e. The number of pyridine rings is 2. The Morgan fingerprint density at radius 3 is 2.93 bits per heavy atom.